The molecule has 0 spiro atoms. The van der Waals surface area contributed by atoms with Gasteiger partial charge >= 0.3 is 5.97 Å². The van der Waals surface area contributed by atoms with Crippen LogP contribution in [0.3, 0.4) is 0 Å². The molecule has 1 heterocycles. The van der Waals surface area contributed by atoms with Crippen molar-refractivity contribution >= 4 is 46.9 Å². The third-order valence-corrected chi connectivity index (χ3v) is 4.51. The molecule has 2 N–H and O–H groups in total. The lowest BCUT2D eigenvalue weighted by molar-refractivity contribution is -0.122. The maximum Gasteiger partial charge on any atom is 0.335 e. The lowest BCUT2D eigenvalue weighted by Crippen LogP contribution is -2.54. The van der Waals surface area contributed by atoms with Crippen LogP contribution < -0.4 is 15.0 Å². The maximum atomic E-state index is 13.0. The van der Waals surface area contributed by atoms with E-state index in [4.69, 9.17) is 17.0 Å². The minimum absolute atomic E-state index is 0.00233. The van der Waals surface area contributed by atoms with E-state index in [1.54, 1.807) is 30.3 Å². The number of rotatable bonds is 6. The van der Waals surface area contributed by atoms with E-state index < -0.39 is 17.8 Å². The van der Waals surface area contributed by atoms with Crippen molar-refractivity contribution in [3.05, 3.63) is 65.2 Å². The number of carbonyl (C=O) groups excluding carboxylic acids is 2. The van der Waals surface area contributed by atoms with Gasteiger partial charge in [-0.1, -0.05) is 32.0 Å². The quantitative estimate of drug-likeness (QED) is 0.420. The van der Waals surface area contributed by atoms with E-state index in [9.17, 15) is 19.5 Å². The fraction of sp³-hybridized carbons (Fsp3) is 0.182. The van der Waals surface area contributed by atoms with Gasteiger partial charge in [0.2, 0.25) is 0 Å². The summed E-state index contributed by atoms with van der Waals surface area (Å²) < 4.78 is 5.63. The highest BCUT2D eigenvalue weighted by Crippen LogP contribution is 2.24. The van der Waals surface area contributed by atoms with Crippen molar-refractivity contribution in [2.24, 2.45) is 5.92 Å². The lowest BCUT2D eigenvalue weighted by Gasteiger charge is -2.29. The monoisotopic (exact) mass is 424 g/mol. The Bertz CT molecular complexity index is 1040. The van der Waals surface area contributed by atoms with Gasteiger partial charge in [0.25, 0.3) is 11.8 Å². The van der Waals surface area contributed by atoms with Crippen LogP contribution in [0.15, 0.2) is 54.1 Å². The third-order valence-electron chi connectivity index (χ3n) is 4.23. The van der Waals surface area contributed by atoms with Gasteiger partial charge in [-0.2, -0.15) is 0 Å². The summed E-state index contributed by atoms with van der Waals surface area (Å²) in [6.45, 7) is 4.69. The molecule has 0 atom stereocenters. The average molecular weight is 424 g/mol. The predicted molar refractivity (Wildman–Crippen MR) is 116 cm³/mol. The largest absolute Gasteiger partial charge is 0.493 e. The number of aromatic carboxylic acids is 1. The van der Waals surface area contributed by atoms with Crippen molar-refractivity contribution in [3.63, 3.8) is 0 Å². The van der Waals surface area contributed by atoms with Crippen LogP contribution in [0.4, 0.5) is 5.69 Å². The zero-order valence-electron chi connectivity index (χ0n) is 16.4. The minimum Gasteiger partial charge on any atom is -0.493 e. The molecule has 3 rings (SSSR count). The number of carboxylic acid groups (broad SMARTS) is 1. The lowest BCUT2D eigenvalue weighted by atomic mass is 10.1. The highest BCUT2D eigenvalue weighted by atomic mass is 32.1. The standard InChI is InChI=1S/C22H20N2O5S/c1-13(2)12-29-17-8-6-14(7-9-17)10-18-19(25)23-22(30)24(20(18)26)16-5-3-4-15(11-16)21(27)28/h3-11,13H,12H2,1-2H3,(H,27,28)(H,23,25,30). The van der Waals surface area contributed by atoms with Crippen LogP contribution in [0.5, 0.6) is 5.75 Å². The van der Waals surface area contributed by atoms with Crippen molar-refractivity contribution in [3.8, 4) is 5.75 Å². The molecule has 0 unspecified atom stereocenters. The molecule has 0 saturated carbocycles. The van der Waals surface area contributed by atoms with Crippen LogP contribution in [-0.2, 0) is 9.59 Å². The summed E-state index contributed by atoms with van der Waals surface area (Å²) >= 11 is 5.14. The van der Waals surface area contributed by atoms with Crippen LogP contribution >= 0.6 is 12.2 Å². The smallest absolute Gasteiger partial charge is 0.335 e. The summed E-state index contributed by atoms with van der Waals surface area (Å²) in [6, 6.07) is 12.8. The van der Waals surface area contributed by atoms with E-state index in [0.717, 1.165) is 4.90 Å². The van der Waals surface area contributed by atoms with Gasteiger partial charge < -0.3 is 9.84 Å². The summed E-state index contributed by atoms with van der Waals surface area (Å²) in [5.74, 6) is -1.29. The van der Waals surface area contributed by atoms with E-state index in [1.165, 1.54) is 24.3 Å². The number of thiocarbonyl (C=S) groups is 1. The van der Waals surface area contributed by atoms with Gasteiger partial charge in [-0.05, 0) is 60.1 Å². The molecule has 0 bridgehead atoms. The van der Waals surface area contributed by atoms with E-state index in [1.807, 2.05) is 0 Å². The molecule has 2 amide bonds. The van der Waals surface area contributed by atoms with Crippen LogP contribution in [0.2, 0.25) is 0 Å². The number of nitrogens with one attached hydrogen (secondary N) is 1. The van der Waals surface area contributed by atoms with Gasteiger partial charge in [0.05, 0.1) is 17.9 Å². The first-order chi connectivity index (χ1) is 14.3. The molecule has 2 aromatic carbocycles. The summed E-state index contributed by atoms with van der Waals surface area (Å²) in [4.78, 5) is 37.7. The third kappa shape index (κ3) is 4.72. The maximum absolute atomic E-state index is 13.0. The Balaban J connectivity index is 1.89. The van der Waals surface area contributed by atoms with Crippen molar-refractivity contribution in [2.45, 2.75) is 13.8 Å². The second kappa shape index (κ2) is 8.87. The molecule has 1 aliphatic heterocycles. The van der Waals surface area contributed by atoms with Gasteiger partial charge in [0.15, 0.2) is 5.11 Å². The SMILES string of the molecule is CC(C)COc1ccc(C=C2C(=O)NC(=S)N(c3cccc(C(=O)O)c3)C2=O)cc1. The zero-order valence-corrected chi connectivity index (χ0v) is 17.2. The van der Waals surface area contributed by atoms with Crippen LogP contribution in [-0.4, -0.2) is 34.6 Å². The Morgan fingerprint density at radius 3 is 2.53 bits per heavy atom. The Hall–Kier alpha value is -3.52. The first kappa shape index (κ1) is 21.2. The van der Waals surface area contributed by atoms with Crippen molar-refractivity contribution in [1.82, 2.24) is 5.32 Å². The Morgan fingerprint density at radius 1 is 1.20 bits per heavy atom. The van der Waals surface area contributed by atoms with Gasteiger partial charge in [-0.3, -0.25) is 19.8 Å². The van der Waals surface area contributed by atoms with Gasteiger partial charge in [-0.15, -0.1) is 0 Å². The molecular weight excluding hydrogens is 404 g/mol. The molecule has 0 aliphatic carbocycles. The number of carbonyl (C=O) groups is 3. The molecule has 0 radical (unpaired) electrons. The molecule has 1 saturated heterocycles. The molecule has 2 aromatic rings. The fourth-order valence-corrected chi connectivity index (χ4v) is 3.04. The number of hydrogen-bond acceptors (Lipinski definition) is 5. The van der Waals surface area contributed by atoms with Gasteiger partial charge in [0, 0.05) is 0 Å². The number of anilines is 1. The predicted octanol–water partition coefficient (Wildman–Crippen LogP) is 3.25. The number of benzene rings is 2. The van der Waals surface area contributed by atoms with Crippen LogP contribution in [0.1, 0.15) is 29.8 Å². The fourth-order valence-electron chi connectivity index (χ4n) is 2.76. The molecule has 1 aliphatic rings. The summed E-state index contributed by atoms with van der Waals surface area (Å²) in [7, 11) is 0. The average Bonchev–Trinajstić information content (AvgIpc) is 2.70. The molecule has 7 nitrogen and oxygen atoms in total. The molecule has 154 valence electrons. The number of ether oxygens (including phenoxy) is 1. The number of hydrogen-bond donors (Lipinski definition) is 2. The summed E-state index contributed by atoms with van der Waals surface area (Å²) in [5.41, 5.74) is 0.786. The first-order valence-corrected chi connectivity index (χ1v) is 9.65. The molecule has 8 heteroatoms. The van der Waals surface area contributed by atoms with Gasteiger partial charge in [-0.25, -0.2) is 4.79 Å². The highest BCUT2D eigenvalue weighted by Gasteiger charge is 2.34. The van der Waals surface area contributed by atoms with Crippen molar-refractivity contribution < 1.29 is 24.2 Å². The number of carboxylic acids is 1. The Labute approximate surface area is 179 Å². The second-order valence-electron chi connectivity index (χ2n) is 7.09. The number of amides is 2. The highest BCUT2D eigenvalue weighted by molar-refractivity contribution is 7.80. The molecule has 1 fully saturated rings. The van der Waals surface area contributed by atoms with Crippen LogP contribution in [0, 0.1) is 5.92 Å². The van der Waals surface area contributed by atoms with E-state index in [0.29, 0.717) is 23.8 Å². The van der Waals surface area contributed by atoms with E-state index in [-0.39, 0.29) is 21.9 Å². The molecular formula is C22H20N2O5S. The second-order valence-corrected chi connectivity index (χ2v) is 7.47. The first-order valence-electron chi connectivity index (χ1n) is 9.24. The Morgan fingerprint density at radius 2 is 1.90 bits per heavy atom. The van der Waals surface area contributed by atoms with Crippen molar-refractivity contribution in [1.29, 1.82) is 0 Å². The topological polar surface area (TPSA) is 95.9 Å². The minimum atomic E-state index is -1.13. The van der Waals surface area contributed by atoms with Crippen molar-refractivity contribution in [2.75, 3.05) is 11.5 Å². The van der Waals surface area contributed by atoms with Crippen LogP contribution in [0.25, 0.3) is 6.08 Å². The van der Waals surface area contributed by atoms with Gasteiger partial charge in [0.1, 0.15) is 11.3 Å². The zero-order chi connectivity index (χ0) is 21.8. The normalized spacial score (nSPS) is 15.5. The Kier molecular flexibility index (Phi) is 6.27. The molecule has 0 aromatic heterocycles. The number of nitrogens with zero attached hydrogens (tertiary/aromatic N) is 1. The van der Waals surface area contributed by atoms with E-state index in [2.05, 4.69) is 19.2 Å². The molecule has 30 heavy (non-hydrogen) atoms. The summed E-state index contributed by atoms with van der Waals surface area (Å²) in [6.07, 6.45) is 1.46. The summed E-state index contributed by atoms with van der Waals surface area (Å²) in [5, 5.41) is 11.6. The van der Waals surface area contributed by atoms with E-state index >= 15 is 0 Å².